The van der Waals surface area contributed by atoms with E-state index < -0.39 is 10.0 Å². The molecule has 27 heavy (non-hydrogen) atoms. The van der Waals surface area contributed by atoms with Crippen LogP contribution in [0.1, 0.15) is 46.3 Å². The van der Waals surface area contributed by atoms with Crippen LogP contribution in [0.4, 0.5) is 5.69 Å². The number of nitrogens with one attached hydrogen (secondary N) is 1. The second-order valence-corrected chi connectivity index (χ2v) is 9.13. The highest BCUT2D eigenvalue weighted by Crippen LogP contribution is 2.19. The predicted octanol–water partition coefficient (Wildman–Crippen LogP) is 3.87. The molecular weight excluding hydrogens is 360 g/mol. The minimum atomic E-state index is -3.29. The summed E-state index contributed by atoms with van der Waals surface area (Å²) in [6.07, 6.45) is 2.95. The van der Waals surface area contributed by atoms with E-state index in [1.807, 2.05) is 32.0 Å². The second kappa shape index (κ2) is 8.23. The molecule has 0 spiro atoms. The first kappa shape index (κ1) is 19.6. The SMILES string of the molecule is Cc1ccc(NC(=O)c2ccc(CS(=O)(=O)N3CCCCC3)cc2)cc1C. The van der Waals surface area contributed by atoms with E-state index in [0.29, 0.717) is 24.2 Å². The molecule has 0 radical (unpaired) electrons. The molecule has 0 aromatic heterocycles. The molecule has 1 aliphatic heterocycles. The van der Waals surface area contributed by atoms with Crippen LogP contribution in [0, 0.1) is 13.8 Å². The molecule has 0 saturated carbocycles. The lowest BCUT2D eigenvalue weighted by atomic mass is 10.1. The third-order valence-corrected chi connectivity index (χ3v) is 6.89. The van der Waals surface area contributed by atoms with Crippen LogP contribution in [0.15, 0.2) is 42.5 Å². The van der Waals surface area contributed by atoms with Crippen LogP contribution in [0.3, 0.4) is 0 Å². The highest BCUT2D eigenvalue weighted by Gasteiger charge is 2.24. The summed E-state index contributed by atoms with van der Waals surface area (Å²) in [4.78, 5) is 12.4. The van der Waals surface area contributed by atoms with Crippen molar-refractivity contribution in [1.29, 1.82) is 0 Å². The summed E-state index contributed by atoms with van der Waals surface area (Å²) in [5.74, 6) is -0.227. The molecule has 0 bridgehead atoms. The largest absolute Gasteiger partial charge is 0.322 e. The van der Waals surface area contributed by atoms with Gasteiger partial charge in [-0.3, -0.25) is 4.79 Å². The zero-order chi connectivity index (χ0) is 19.4. The van der Waals surface area contributed by atoms with Gasteiger partial charge in [0, 0.05) is 24.3 Å². The van der Waals surface area contributed by atoms with E-state index in [2.05, 4.69) is 5.32 Å². The van der Waals surface area contributed by atoms with Crippen molar-refractivity contribution in [2.75, 3.05) is 18.4 Å². The van der Waals surface area contributed by atoms with Gasteiger partial charge in [-0.2, -0.15) is 0 Å². The lowest BCUT2D eigenvalue weighted by Crippen LogP contribution is -2.36. The number of hydrogen-bond donors (Lipinski definition) is 1. The predicted molar refractivity (Wildman–Crippen MR) is 108 cm³/mol. The average molecular weight is 387 g/mol. The normalized spacial score (nSPS) is 15.5. The molecule has 1 saturated heterocycles. The molecule has 1 fully saturated rings. The molecule has 6 heteroatoms. The number of hydrogen-bond acceptors (Lipinski definition) is 3. The maximum Gasteiger partial charge on any atom is 0.255 e. The van der Waals surface area contributed by atoms with Crippen molar-refractivity contribution >= 4 is 21.6 Å². The molecule has 2 aromatic rings. The lowest BCUT2D eigenvalue weighted by Gasteiger charge is -2.25. The number of amides is 1. The number of rotatable bonds is 5. The van der Waals surface area contributed by atoms with Crippen LogP contribution < -0.4 is 5.32 Å². The number of anilines is 1. The molecular formula is C21H26N2O3S. The van der Waals surface area contributed by atoms with Crippen molar-refractivity contribution in [3.05, 3.63) is 64.7 Å². The lowest BCUT2D eigenvalue weighted by molar-refractivity contribution is 0.102. The fraction of sp³-hybridized carbons (Fsp3) is 0.381. The number of nitrogens with zero attached hydrogens (tertiary/aromatic N) is 1. The van der Waals surface area contributed by atoms with Gasteiger partial charge in [-0.15, -0.1) is 0 Å². The van der Waals surface area contributed by atoms with Gasteiger partial charge < -0.3 is 5.32 Å². The molecule has 144 valence electrons. The van der Waals surface area contributed by atoms with E-state index in [1.54, 1.807) is 28.6 Å². The minimum Gasteiger partial charge on any atom is -0.322 e. The molecule has 2 aromatic carbocycles. The van der Waals surface area contributed by atoms with Gasteiger partial charge in [0.1, 0.15) is 0 Å². The number of benzene rings is 2. The Morgan fingerprint density at radius 3 is 2.26 bits per heavy atom. The molecule has 1 amide bonds. The first-order valence-electron chi connectivity index (χ1n) is 9.30. The monoisotopic (exact) mass is 386 g/mol. The number of carbonyl (C=O) groups excluding carboxylic acids is 1. The van der Waals surface area contributed by atoms with Crippen molar-refractivity contribution in [3.63, 3.8) is 0 Å². The highest BCUT2D eigenvalue weighted by atomic mass is 32.2. The second-order valence-electron chi connectivity index (χ2n) is 7.17. The first-order valence-corrected chi connectivity index (χ1v) is 10.9. The van der Waals surface area contributed by atoms with Crippen LogP contribution in [0.2, 0.25) is 0 Å². The van der Waals surface area contributed by atoms with Crippen molar-refractivity contribution in [2.45, 2.75) is 38.9 Å². The van der Waals surface area contributed by atoms with Gasteiger partial charge in [0.15, 0.2) is 0 Å². The minimum absolute atomic E-state index is 0.0218. The van der Waals surface area contributed by atoms with Crippen LogP contribution >= 0.6 is 0 Å². The number of aryl methyl sites for hydroxylation is 2. The van der Waals surface area contributed by atoms with Gasteiger partial charge in [0.05, 0.1) is 5.75 Å². The summed E-state index contributed by atoms with van der Waals surface area (Å²) in [5.41, 5.74) is 4.24. The fourth-order valence-electron chi connectivity index (χ4n) is 3.22. The Bertz CT molecular complexity index is 915. The summed E-state index contributed by atoms with van der Waals surface area (Å²) in [7, 11) is -3.29. The zero-order valence-corrected chi connectivity index (χ0v) is 16.7. The Balaban J connectivity index is 1.65. The summed E-state index contributed by atoms with van der Waals surface area (Å²) >= 11 is 0. The maximum atomic E-state index is 12.5. The van der Waals surface area contributed by atoms with Crippen molar-refractivity contribution < 1.29 is 13.2 Å². The quantitative estimate of drug-likeness (QED) is 0.848. The van der Waals surface area contributed by atoms with E-state index in [9.17, 15) is 13.2 Å². The van der Waals surface area contributed by atoms with Gasteiger partial charge in [-0.05, 0) is 67.6 Å². The smallest absolute Gasteiger partial charge is 0.255 e. The van der Waals surface area contributed by atoms with Gasteiger partial charge in [0.2, 0.25) is 10.0 Å². The third-order valence-electron chi connectivity index (χ3n) is 5.04. The standard InChI is InChI=1S/C21H26N2O3S/c1-16-6-11-20(14-17(16)2)22-21(24)19-9-7-18(8-10-19)15-27(25,26)23-12-4-3-5-13-23/h6-11,14H,3-5,12-13,15H2,1-2H3,(H,22,24). The van der Waals surface area contributed by atoms with Gasteiger partial charge in [0.25, 0.3) is 5.91 Å². The molecule has 0 aliphatic carbocycles. The van der Waals surface area contributed by atoms with E-state index in [0.717, 1.165) is 30.5 Å². The van der Waals surface area contributed by atoms with Crippen LogP contribution in [-0.2, 0) is 15.8 Å². The molecule has 5 nitrogen and oxygen atoms in total. The van der Waals surface area contributed by atoms with Gasteiger partial charge in [-0.1, -0.05) is 24.6 Å². The third kappa shape index (κ3) is 4.96. The topological polar surface area (TPSA) is 66.5 Å². The zero-order valence-electron chi connectivity index (χ0n) is 15.9. The summed E-state index contributed by atoms with van der Waals surface area (Å²) in [5, 5.41) is 2.88. The highest BCUT2D eigenvalue weighted by molar-refractivity contribution is 7.88. The maximum absolute atomic E-state index is 12.5. The van der Waals surface area contributed by atoms with E-state index in [-0.39, 0.29) is 11.7 Å². The molecule has 1 aliphatic rings. The Morgan fingerprint density at radius 1 is 0.963 bits per heavy atom. The van der Waals surface area contributed by atoms with Crippen LogP contribution in [0.5, 0.6) is 0 Å². The molecule has 3 rings (SSSR count). The summed E-state index contributed by atoms with van der Waals surface area (Å²) in [6.45, 7) is 5.25. The number of piperidine rings is 1. The average Bonchev–Trinajstić information content (AvgIpc) is 2.66. The van der Waals surface area contributed by atoms with Gasteiger partial charge in [-0.25, -0.2) is 12.7 Å². The Morgan fingerprint density at radius 2 is 1.63 bits per heavy atom. The van der Waals surface area contributed by atoms with E-state index >= 15 is 0 Å². The van der Waals surface area contributed by atoms with Crippen LogP contribution in [0.25, 0.3) is 0 Å². The molecule has 0 atom stereocenters. The molecule has 0 unspecified atom stereocenters. The fourth-order valence-corrected chi connectivity index (χ4v) is 4.83. The van der Waals surface area contributed by atoms with E-state index in [4.69, 9.17) is 0 Å². The number of carbonyl (C=O) groups is 1. The van der Waals surface area contributed by atoms with E-state index in [1.165, 1.54) is 5.56 Å². The molecule has 1 N–H and O–H groups in total. The Labute approximate surface area is 161 Å². The summed E-state index contributed by atoms with van der Waals surface area (Å²) in [6, 6.07) is 12.6. The van der Waals surface area contributed by atoms with Crippen LogP contribution in [-0.4, -0.2) is 31.7 Å². The Kier molecular flexibility index (Phi) is 5.97. The van der Waals surface area contributed by atoms with Crippen molar-refractivity contribution in [1.82, 2.24) is 4.31 Å². The van der Waals surface area contributed by atoms with Crippen molar-refractivity contribution in [3.8, 4) is 0 Å². The molecule has 1 heterocycles. The van der Waals surface area contributed by atoms with Crippen molar-refractivity contribution in [2.24, 2.45) is 0 Å². The van der Waals surface area contributed by atoms with Gasteiger partial charge >= 0.3 is 0 Å². The number of sulfonamides is 1. The first-order chi connectivity index (χ1) is 12.8. The summed E-state index contributed by atoms with van der Waals surface area (Å²) < 4.78 is 26.6. The Hall–Kier alpha value is -2.18.